The van der Waals surface area contributed by atoms with Gasteiger partial charge in [-0.1, -0.05) is 70.4 Å². The van der Waals surface area contributed by atoms with E-state index < -0.39 is 0 Å². The summed E-state index contributed by atoms with van der Waals surface area (Å²) in [6, 6.07) is 0. The monoisotopic (exact) mass is 304 g/mol. The first kappa shape index (κ1) is 15.8. The fraction of sp³-hybridized carbons (Fsp3) is 0.789. The predicted molar refractivity (Wildman–Crippen MR) is 85.0 cm³/mol. The van der Waals surface area contributed by atoms with Crippen molar-refractivity contribution in [1.82, 2.24) is 0 Å². The van der Waals surface area contributed by atoms with E-state index in [0.29, 0.717) is 0 Å². The molecule has 0 N–H and O–H groups in total. The zero-order valence-electron chi connectivity index (χ0n) is 13.7. The summed E-state index contributed by atoms with van der Waals surface area (Å²) in [5, 5.41) is 0. The Morgan fingerprint density at radius 3 is 2.45 bits per heavy atom. The molecule has 0 aromatic heterocycles. The molecule has 0 spiro atoms. The van der Waals surface area contributed by atoms with E-state index in [1.54, 1.807) is 0 Å². The summed E-state index contributed by atoms with van der Waals surface area (Å²) in [7, 11) is 0. The summed E-state index contributed by atoms with van der Waals surface area (Å²) in [5.74, 6) is -0.646. The molecule has 2 fully saturated rings. The molecule has 3 nitrogen and oxygen atoms in total. The molecule has 4 unspecified atom stereocenters. The van der Waals surface area contributed by atoms with Crippen molar-refractivity contribution in [2.75, 3.05) is 0 Å². The summed E-state index contributed by atoms with van der Waals surface area (Å²) in [6.45, 7) is 2.25. The van der Waals surface area contributed by atoms with Crippen LogP contribution in [0.15, 0.2) is 12.2 Å². The average Bonchev–Trinajstić information content (AvgIpc) is 3.14. The Hall–Kier alpha value is -1.12. The van der Waals surface area contributed by atoms with Crippen molar-refractivity contribution in [1.29, 1.82) is 0 Å². The van der Waals surface area contributed by atoms with Crippen molar-refractivity contribution in [2.24, 2.45) is 23.2 Å². The molecule has 2 bridgehead atoms. The minimum absolute atomic E-state index is 0.0687. The highest BCUT2D eigenvalue weighted by atomic mass is 16.6. The second-order valence-corrected chi connectivity index (χ2v) is 7.43. The molecule has 3 aliphatic rings. The van der Waals surface area contributed by atoms with Crippen LogP contribution in [0.4, 0.5) is 0 Å². The number of carbonyl (C=O) groups is 2. The molecule has 0 aromatic rings. The lowest BCUT2D eigenvalue weighted by atomic mass is 9.72. The number of fused-ring (bicyclic) bond motifs is 5. The number of rotatable bonds is 9. The van der Waals surface area contributed by atoms with Gasteiger partial charge in [0.15, 0.2) is 0 Å². The molecular formula is C19H28O3. The van der Waals surface area contributed by atoms with E-state index in [0.717, 1.165) is 19.3 Å². The Morgan fingerprint density at radius 1 is 1.05 bits per heavy atom. The first-order valence-electron chi connectivity index (χ1n) is 9.13. The van der Waals surface area contributed by atoms with Gasteiger partial charge in [-0.2, -0.15) is 0 Å². The van der Waals surface area contributed by atoms with E-state index in [1.807, 2.05) is 0 Å². The van der Waals surface area contributed by atoms with Gasteiger partial charge >= 0.3 is 11.9 Å². The molecule has 1 heterocycles. The van der Waals surface area contributed by atoms with Crippen LogP contribution in [0.25, 0.3) is 0 Å². The SMILES string of the molecule is CCCCCCCCCCC12C=CC(C1)C1C(=O)OC(=O)C12. The standard InChI is InChI=1S/C19H28O3/c1-2-3-4-5-6-7-8-9-11-19-12-10-14(13-19)15-16(19)18(21)22-17(15)20/h10,12,14-16H,2-9,11,13H2,1H3. The molecule has 0 aromatic carbocycles. The van der Waals surface area contributed by atoms with Crippen molar-refractivity contribution in [3.05, 3.63) is 12.2 Å². The van der Waals surface area contributed by atoms with Gasteiger partial charge < -0.3 is 4.74 Å². The highest BCUT2D eigenvalue weighted by molar-refractivity contribution is 5.98. The molecule has 122 valence electrons. The van der Waals surface area contributed by atoms with Gasteiger partial charge in [0, 0.05) is 5.41 Å². The number of allylic oxidation sites excluding steroid dienone is 2. The van der Waals surface area contributed by atoms with Crippen molar-refractivity contribution in [3.8, 4) is 0 Å². The normalized spacial score (nSPS) is 35.2. The van der Waals surface area contributed by atoms with Crippen LogP contribution in [0.5, 0.6) is 0 Å². The average molecular weight is 304 g/mol. The smallest absolute Gasteiger partial charge is 0.318 e. The second kappa shape index (κ2) is 6.55. The van der Waals surface area contributed by atoms with Gasteiger partial charge in [-0.15, -0.1) is 0 Å². The molecule has 0 radical (unpaired) electrons. The Bertz CT molecular complexity index is 467. The first-order chi connectivity index (χ1) is 10.7. The molecule has 1 saturated heterocycles. The highest BCUT2D eigenvalue weighted by Crippen LogP contribution is 2.61. The van der Waals surface area contributed by atoms with Gasteiger partial charge in [-0.05, 0) is 18.8 Å². The van der Waals surface area contributed by atoms with Gasteiger partial charge in [0.1, 0.15) is 0 Å². The summed E-state index contributed by atoms with van der Waals surface area (Å²) in [6.07, 6.45) is 16.8. The molecule has 1 saturated carbocycles. The van der Waals surface area contributed by atoms with Gasteiger partial charge in [-0.25, -0.2) is 0 Å². The van der Waals surface area contributed by atoms with Crippen LogP contribution in [-0.4, -0.2) is 11.9 Å². The number of hydrogen-bond donors (Lipinski definition) is 0. The van der Waals surface area contributed by atoms with Crippen LogP contribution in [0.2, 0.25) is 0 Å². The maximum absolute atomic E-state index is 12.0. The van der Waals surface area contributed by atoms with E-state index in [9.17, 15) is 9.59 Å². The number of ether oxygens (including phenoxy) is 1. The molecule has 3 rings (SSSR count). The van der Waals surface area contributed by atoms with Gasteiger partial charge in [-0.3, -0.25) is 9.59 Å². The topological polar surface area (TPSA) is 43.4 Å². The summed E-state index contributed by atoms with van der Waals surface area (Å²) in [5.41, 5.74) is -0.0687. The van der Waals surface area contributed by atoms with E-state index in [1.165, 1.54) is 44.9 Å². The van der Waals surface area contributed by atoms with Crippen molar-refractivity contribution >= 4 is 11.9 Å². The highest BCUT2D eigenvalue weighted by Gasteiger charge is 2.64. The number of esters is 2. The molecule has 4 atom stereocenters. The third kappa shape index (κ3) is 2.75. The Labute approximate surface area is 133 Å². The fourth-order valence-corrected chi connectivity index (χ4v) is 4.82. The van der Waals surface area contributed by atoms with Gasteiger partial charge in [0.05, 0.1) is 11.8 Å². The van der Waals surface area contributed by atoms with Crippen molar-refractivity contribution in [2.45, 2.75) is 71.1 Å². The van der Waals surface area contributed by atoms with Crippen LogP contribution in [0.3, 0.4) is 0 Å². The van der Waals surface area contributed by atoms with Gasteiger partial charge in [0.2, 0.25) is 0 Å². The predicted octanol–water partition coefficient (Wildman–Crippen LogP) is 4.41. The second-order valence-electron chi connectivity index (χ2n) is 7.43. The van der Waals surface area contributed by atoms with E-state index in [4.69, 9.17) is 4.74 Å². The third-order valence-corrected chi connectivity index (χ3v) is 5.95. The first-order valence-corrected chi connectivity index (χ1v) is 9.13. The molecule has 3 heteroatoms. The number of unbranched alkanes of at least 4 members (excludes halogenated alkanes) is 7. The number of cyclic esters (lactones) is 2. The molecule has 0 amide bonds. The number of carbonyl (C=O) groups excluding carboxylic acids is 2. The molecule has 2 aliphatic carbocycles. The Morgan fingerprint density at radius 2 is 1.73 bits per heavy atom. The maximum atomic E-state index is 12.0. The summed E-state index contributed by atoms with van der Waals surface area (Å²) >= 11 is 0. The number of hydrogen-bond acceptors (Lipinski definition) is 3. The summed E-state index contributed by atoms with van der Waals surface area (Å²) in [4.78, 5) is 23.8. The van der Waals surface area contributed by atoms with Crippen LogP contribution >= 0.6 is 0 Å². The molecular weight excluding hydrogens is 276 g/mol. The van der Waals surface area contributed by atoms with Crippen LogP contribution < -0.4 is 0 Å². The molecule has 1 aliphatic heterocycles. The van der Waals surface area contributed by atoms with Crippen molar-refractivity contribution in [3.63, 3.8) is 0 Å². The van der Waals surface area contributed by atoms with Crippen LogP contribution in [-0.2, 0) is 14.3 Å². The van der Waals surface area contributed by atoms with E-state index in [2.05, 4.69) is 19.1 Å². The zero-order chi connectivity index (χ0) is 15.6. The minimum atomic E-state index is -0.276. The van der Waals surface area contributed by atoms with Crippen LogP contribution in [0.1, 0.15) is 71.1 Å². The third-order valence-electron chi connectivity index (χ3n) is 5.95. The molecule has 22 heavy (non-hydrogen) atoms. The largest absolute Gasteiger partial charge is 0.393 e. The Balaban J connectivity index is 1.44. The minimum Gasteiger partial charge on any atom is -0.393 e. The lowest BCUT2D eigenvalue weighted by molar-refractivity contribution is -0.155. The van der Waals surface area contributed by atoms with E-state index >= 15 is 0 Å². The zero-order valence-corrected chi connectivity index (χ0v) is 13.7. The Kier molecular flexibility index (Phi) is 4.70. The fourth-order valence-electron chi connectivity index (χ4n) is 4.82. The quantitative estimate of drug-likeness (QED) is 0.274. The summed E-state index contributed by atoms with van der Waals surface area (Å²) < 4.78 is 4.90. The lowest BCUT2D eigenvalue weighted by Crippen LogP contribution is -2.31. The van der Waals surface area contributed by atoms with Gasteiger partial charge in [0.25, 0.3) is 0 Å². The maximum Gasteiger partial charge on any atom is 0.318 e. The lowest BCUT2D eigenvalue weighted by Gasteiger charge is -2.29. The van der Waals surface area contributed by atoms with Crippen LogP contribution in [0, 0.1) is 23.2 Å². The van der Waals surface area contributed by atoms with Crippen molar-refractivity contribution < 1.29 is 14.3 Å². The van der Waals surface area contributed by atoms with E-state index in [-0.39, 0.29) is 35.1 Å².